The predicted molar refractivity (Wildman–Crippen MR) is 117 cm³/mol. The number of amides is 1. The number of carbonyl (C=O) groups excluding carboxylic acids is 1. The van der Waals surface area contributed by atoms with Crippen molar-refractivity contribution in [2.75, 3.05) is 24.7 Å². The van der Waals surface area contributed by atoms with Gasteiger partial charge in [0, 0.05) is 31.0 Å². The maximum Gasteiger partial charge on any atom is 0.244 e. The second kappa shape index (κ2) is 8.90. The second-order valence-electron chi connectivity index (χ2n) is 7.46. The minimum Gasteiger partial charge on any atom is -0.326 e. The van der Waals surface area contributed by atoms with Crippen molar-refractivity contribution in [1.82, 2.24) is 4.31 Å². The summed E-state index contributed by atoms with van der Waals surface area (Å²) in [5, 5.41) is 7.73. The van der Waals surface area contributed by atoms with Gasteiger partial charge in [0.1, 0.15) is 4.90 Å². The molecule has 2 aromatic rings. The first-order valence-corrected chi connectivity index (χ1v) is 14.4. The lowest BCUT2D eigenvalue weighted by molar-refractivity contribution is -0.120. The number of hydrogen-bond donors (Lipinski definition) is 2. The van der Waals surface area contributed by atoms with Crippen LogP contribution in [0.5, 0.6) is 0 Å². The number of carbonyl (C=O) groups is 1. The van der Waals surface area contributed by atoms with Gasteiger partial charge >= 0.3 is 0 Å². The normalized spacial score (nSPS) is 16.6. The third kappa shape index (κ3) is 5.35. The summed E-state index contributed by atoms with van der Waals surface area (Å²) in [5.41, 5.74) is 0.388. The second-order valence-corrected chi connectivity index (χ2v) is 12.9. The van der Waals surface area contributed by atoms with Crippen molar-refractivity contribution >= 4 is 41.5 Å². The zero-order valence-corrected chi connectivity index (χ0v) is 19.6. The third-order valence-electron chi connectivity index (χ3n) is 5.14. The summed E-state index contributed by atoms with van der Waals surface area (Å²) >= 11 is 0. The van der Waals surface area contributed by atoms with Gasteiger partial charge in [-0.2, -0.15) is 4.31 Å². The number of nitrogens with zero attached hydrogens (tertiary/aromatic N) is 1. The van der Waals surface area contributed by atoms with Gasteiger partial charge in [0.25, 0.3) is 0 Å². The lowest BCUT2D eigenvalue weighted by Gasteiger charge is -2.31. The predicted octanol–water partition coefficient (Wildman–Crippen LogP) is 0.777. The fourth-order valence-electron chi connectivity index (χ4n) is 3.44. The average Bonchev–Trinajstić information content (AvgIpc) is 2.73. The molecule has 0 aliphatic carbocycles. The first kappa shape index (κ1) is 24.3. The summed E-state index contributed by atoms with van der Waals surface area (Å²) < 4.78 is 73.9. The molecule has 1 fully saturated rings. The Kier molecular flexibility index (Phi) is 6.77. The van der Waals surface area contributed by atoms with Gasteiger partial charge in [-0.1, -0.05) is 12.1 Å². The Labute approximate surface area is 187 Å². The summed E-state index contributed by atoms with van der Waals surface area (Å²) in [5.74, 6) is -0.772. The highest BCUT2D eigenvalue weighted by molar-refractivity contribution is 7.93. The zero-order valence-electron chi connectivity index (χ0n) is 17.1. The maximum absolute atomic E-state index is 13.0. The Morgan fingerprint density at radius 2 is 1.44 bits per heavy atom. The van der Waals surface area contributed by atoms with Crippen molar-refractivity contribution in [3.8, 4) is 0 Å². The number of nitrogens with one attached hydrogen (secondary N) is 1. The summed E-state index contributed by atoms with van der Waals surface area (Å²) in [4.78, 5) is 11.9. The summed E-state index contributed by atoms with van der Waals surface area (Å²) in [7, 11) is -11.6. The van der Waals surface area contributed by atoms with E-state index in [1.54, 1.807) is 0 Å². The van der Waals surface area contributed by atoms with Crippen LogP contribution in [0.4, 0.5) is 5.69 Å². The van der Waals surface area contributed by atoms with Crippen LogP contribution in [0.25, 0.3) is 0 Å². The van der Waals surface area contributed by atoms with E-state index >= 15 is 0 Å². The monoisotopic (exact) mass is 501 g/mol. The molecule has 0 spiro atoms. The summed E-state index contributed by atoms with van der Waals surface area (Å²) in [6, 6.07) is 10.8. The van der Waals surface area contributed by atoms with Crippen LogP contribution in [0.1, 0.15) is 12.8 Å². The number of hydrogen-bond acceptors (Lipinski definition) is 7. The number of rotatable bonds is 6. The molecule has 10 nitrogen and oxygen atoms in total. The molecule has 3 N–H and O–H groups in total. The molecule has 2 aromatic carbocycles. The number of benzene rings is 2. The molecule has 13 heteroatoms. The molecule has 32 heavy (non-hydrogen) atoms. The molecule has 1 saturated heterocycles. The molecule has 0 saturated carbocycles. The zero-order chi connectivity index (χ0) is 23.7. The molecule has 1 heterocycles. The quantitative estimate of drug-likeness (QED) is 0.591. The van der Waals surface area contributed by atoms with Gasteiger partial charge in [-0.15, -0.1) is 0 Å². The number of sulfonamides is 2. The minimum atomic E-state index is -4.05. The molecule has 0 atom stereocenters. The van der Waals surface area contributed by atoms with Crippen LogP contribution in [-0.4, -0.2) is 54.8 Å². The van der Waals surface area contributed by atoms with Crippen molar-refractivity contribution in [1.29, 1.82) is 0 Å². The molecule has 0 bridgehead atoms. The Hall–Kier alpha value is -2.32. The van der Waals surface area contributed by atoms with Gasteiger partial charge in [-0.3, -0.25) is 4.79 Å². The molecule has 174 valence electrons. The van der Waals surface area contributed by atoms with Crippen molar-refractivity contribution < 1.29 is 30.0 Å². The highest BCUT2D eigenvalue weighted by atomic mass is 32.2. The van der Waals surface area contributed by atoms with Crippen LogP contribution in [0.15, 0.2) is 63.2 Å². The molecule has 0 unspecified atom stereocenters. The number of nitrogens with two attached hydrogens (primary N) is 1. The van der Waals surface area contributed by atoms with Crippen LogP contribution in [0.2, 0.25) is 0 Å². The summed E-state index contributed by atoms with van der Waals surface area (Å²) in [6.07, 6.45) is 1.45. The van der Waals surface area contributed by atoms with E-state index in [2.05, 4.69) is 5.32 Å². The number of piperidine rings is 1. The number of primary sulfonamides is 1. The van der Waals surface area contributed by atoms with E-state index in [0.29, 0.717) is 5.69 Å². The Morgan fingerprint density at radius 3 is 1.94 bits per heavy atom. The summed E-state index contributed by atoms with van der Waals surface area (Å²) in [6.45, 7) is 0.117. The minimum absolute atomic E-state index is 0.0584. The number of sulfone groups is 1. The van der Waals surface area contributed by atoms with Gasteiger partial charge in [0.2, 0.25) is 26.0 Å². The van der Waals surface area contributed by atoms with E-state index in [9.17, 15) is 30.0 Å². The molecular formula is C19H23N3O7S3. The van der Waals surface area contributed by atoms with E-state index in [4.69, 9.17) is 5.14 Å². The first-order chi connectivity index (χ1) is 14.8. The fourth-order valence-corrected chi connectivity index (χ4v) is 7.03. The topological polar surface area (TPSA) is 161 Å². The molecule has 3 rings (SSSR count). The van der Waals surface area contributed by atoms with Gasteiger partial charge in [0.15, 0.2) is 9.84 Å². The average molecular weight is 502 g/mol. The number of anilines is 1. The van der Waals surface area contributed by atoms with Crippen molar-refractivity contribution in [2.45, 2.75) is 27.5 Å². The van der Waals surface area contributed by atoms with E-state index in [0.717, 1.165) is 6.26 Å². The Balaban J connectivity index is 1.68. The SMILES string of the molecule is CS(=O)(=O)c1ccccc1S(=O)(=O)N1CCC(C(=O)Nc2ccc(S(N)(=O)=O)cc2)CC1. The molecule has 0 radical (unpaired) electrons. The van der Waals surface area contributed by atoms with Gasteiger partial charge < -0.3 is 5.32 Å². The van der Waals surface area contributed by atoms with Crippen molar-refractivity contribution in [3.63, 3.8) is 0 Å². The van der Waals surface area contributed by atoms with E-state index in [1.165, 1.54) is 52.8 Å². The third-order valence-corrected chi connectivity index (χ3v) is 9.31. The van der Waals surface area contributed by atoms with E-state index in [-0.39, 0.29) is 46.5 Å². The van der Waals surface area contributed by atoms with Crippen molar-refractivity contribution in [2.24, 2.45) is 11.1 Å². The van der Waals surface area contributed by atoms with Crippen LogP contribution in [0, 0.1) is 5.92 Å². The molecule has 0 aromatic heterocycles. The molecule has 1 aliphatic rings. The molecule has 1 amide bonds. The highest BCUT2D eigenvalue weighted by Crippen LogP contribution is 2.28. The van der Waals surface area contributed by atoms with Crippen LogP contribution < -0.4 is 10.5 Å². The van der Waals surface area contributed by atoms with E-state index in [1.807, 2.05) is 0 Å². The lowest BCUT2D eigenvalue weighted by Crippen LogP contribution is -2.41. The highest BCUT2D eigenvalue weighted by Gasteiger charge is 2.34. The first-order valence-electron chi connectivity index (χ1n) is 9.53. The van der Waals surface area contributed by atoms with Crippen LogP contribution >= 0.6 is 0 Å². The largest absolute Gasteiger partial charge is 0.326 e. The van der Waals surface area contributed by atoms with Gasteiger partial charge in [-0.25, -0.2) is 30.4 Å². The lowest BCUT2D eigenvalue weighted by atomic mass is 9.97. The van der Waals surface area contributed by atoms with Gasteiger partial charge in [-0.05, 0) is 49.2 Å². The Morgan fingerprint density at radius 1 is 0.906 bits per heavy atom. The Bertz CT molecular complexity index is 1330. The van der Waals surface area contributed by atoms with Gasteiger partial charge in [0.05, 0.1) is 9.79 Å². The standard InChI is InChI=1S/C19H23N3O7S3/c1-30(24,25)17-4-2-3-5-18(17)32(28,29)22-12-10-14(11-13-22)19(23)21-15-6-8-16(9-7-15)31(20,26)27/h2-9,14H,10-13H2,1H3,(H,21,23)(H2,20,26,27). The smallest absolute Gasteiger partial charge is 0.244 e. The maximum atomic E-state index is 13.0. The fraction of sp³-hybridized carbons (Fsp3) is 0.316. The van der Waals surface area contributed by atoms with Crippen molar-refractivity contribution in [3.05, 3.63) is 48.5 Å². The molecular weight excluding hydrogens is 478 g/mol. The van der Waals surface area contributed by atoms with E-state index < -0.39 is 35.8 Å². The molecule has 1 aliphatic heterocycles. The van der Waals surface area contributed by atoms with Crippen LogP contribution in [0.3, 0.4) is 0 Å². The van der Waals surface area contributed by atoms with Crippen LogP contribution in [-0.2, 0) is 34.7 Å².